The lowest BCUT2D eigenvalue weighted by molar-refractivity contribution is -0.123. The van der Waals surface area contributed by atoms with Crippen LogP contribution in [0.25, 0.3) is 10.2 Å². The molecule has 1 aromatic heterocycles. The Morgan fingerprint density at radius 3 is 2.78 bits per heavy atom. The number of nitrogens with two attached hydrogens (primary N) is 1. The van der Waals surface area contributed by atoms with Crippen LogP contribution in [0, 0.1) is 0 Å². The summed E-state index contributed by atoms with van der Waals surface area (Å²) >= 11 is 1.60. The van der Waals surface area contributed by atoms with Crippen LogP contribution in [0.4, 0.5) is 0 Å². The van der Waals surface area contributed by atoms with Gasteiger partial charge in [-0.3, -0.25) is 4.79 Å². The van der Waals surface area contributed by atoms with E-state index in [1.165, 1.54) is 0 Å². The highest BCUT2D eigenvalue weighted by molar-refractivity contribution is 7.18. The highest BCUT2D eigenvalue weighted by Crippen LogP contribution is 2.30. The average Bonchev–Trinajstić information content (AvgIpc) is 2.95. The molecule has 1 fully saturated rings. The lowest BCUT2D eigenvalue weighted by Gasteiger charge is -2.20. The molecule has 0 unspecified atom stereocenters. The molecule has 2 N–H and O–H groups in total. The van der Waals surface area contributed by atoms with Gasteiger partial charge in [-0.05, 0) is 25.0 Å². The van der Waals surface area contributed by atoms with E-state index in [4.69, 9.17) is 5.73 Å². The Morgan fingerprint density at radius 1 is 1.33 bits per heavy atom. The summed E-state index contributed by atoms with van der Waals surface area (Å²) in [4.78, 5) is 16.8. The van der Waals surface area contributed by atoms with Crippen LogP contribution in [-0.2, 0) is 11.2 Å². The molecular weight excluding hydrogens is 244 g/mol. The van der Waals surface area contributed by atoms with Crippen molar-refractivity contribution in [1.82, 2.24) is 4.98 Å². The second kappa shape index (κ2) is 4.44. The number of carbonyl (C=O) groups is 1. The van der Waals surface area contributed by atoms with Crippen molar-refractivity contribution in [2.45, 2.75) is 37.6 Å². The molecule has 3 nitrogen and oxygen atoms in total. The fourth-order valence-corrected chi connectivity index (χ4v) is 3.56. The summed E-state index contributed by atoms with van der Waals surface area (Å²) in [6.07, 6.45) is 4.19. The number of ketones is 1. The lowest BCUT2D eigenvalue weighted by Crippen LogP contribution is -2.46. The Morgan fingerprint density at radius 2 is 2.06 bits per heavy atom. The summed E-state index contributed by atoms with van der Waals surface area (Å²) in [5, 5.41) is 0.887. The number of fused-ring (bicyclic) bond motifs is 1. The predicted octanol–water partition coefficient (Wildman–Crippen LogP) is 2.68. The van der Waals surface area contributed by atoms with Crippen molar-refractivity contribution in [3.63, 3.8) is 0 Å². The van der Waals surface area contributed by atoms with Crippen molar-refractivity contribution < 1.29 is 4.79 Å². The van der Waals surface area contributed by atoms with Crippen LogP contribution in [0.15, 0.2) is 24.3 Å². The maximum atomic E-state index is 12.3. The number of Topliss-reactive ketones (excluding diaryl/α,β-unsaturated/α-hetero) is 1. The van der Waals surface area contributed by atoms with Crippen molar-refractivity contribution in [3.05, 3.63) is 29.3 Å². The number of aromatic nitrogens is 1. The molecule has 3 rings (SSSR count). The van der Waals surface area contributed by atoms with E-state index in [0.29, 0.717) is 6.42 Å². The maximum absolute atomic E-state index is 12.3. The van der Waals surface area contributed by atoms with Gasteiger partial charge in [-0.1, -0.05) is 25.0 Å². The van der Waals surface area contributed by atoms with Crippen LogP contribution >= 0.6 is 11.3 Å². The van der Waals surface area contributed by atoms with Crippen LogP contribution in [0.5, 0.6) is 0 Å². The SMILES string of the molecule is NC1(C(=O)Cc2nc3ccccc3s2)CCCC1. The molecule has 18 heavy (non-hydrogen) atoms. The van der Waals surface area contributed by atoms with Gasteiger partial charge < -0.3 is 5.73 Å². The Balaban J connectivity index is 1.81. The van der Waals surface area contributed by atoms with Crippen LogP contribution in [0.2, 0.25) is 0 Å². The number of para-hydroxylation sites is 1. The number of benzene rings is 1. The maximum Gasteiger partial charge on any atom is 0.159 e. The number of rotatable bonds is 3. The van der Waals surface area contributed by atoms with Gasteiger partial charge in [0.25, 0.3) is 0 Å². The molecule has 94 valence electrons. The minimum Gasteiger partial charge on any atom is -0.319 e. The van der Waals surface area contributed by atoms with Crippen LogP contribution in [0.1, 0.15) is 30.7 Å². The zero-order chi connectivity index (χ0) is 12.6. The average molecular weight is 260 g/mol. The lowest BCUT2D eigenvalue weighted by atomic mass is 9.91. The second-order valence-electron chi connectivity index (χ2n) is 5.04. The smallest absolute Gasteiger partial charge is 0.159 e. The quantitative estimate of drug-likeness (QED) is 0.923. The standard InChI is InChI=1S/C14H16N2OS/c15-14(7-3-4-8-14)12(17)9-13-16-10-5-1-2-6-11(10)18-13/h1-2,5-6H,3-4,7-9,15H2. The van der Waals surface area contributed by atoms with Crippen LogP contribution in [0.3, 0.4) is 0 Å². The van der Waals surface area contributed by atoms with E-state index in [2.05, 4.69) is 4.98 Å². The topological polar surface area (TPSA) is 56.0 Å². The van der Waals surface area contributed by atoms with Crippen molar-refractivity contribution in [1.29, 1.82) is 0 Å². The van der Waals surface area contributed by atoms with Gasteiger partial charge in [-0.2, -0.15) is 0 Å². The van der Waals surface area contributed by atoms with Gasteiger partial charge in [0.15, 0.2) is 5.78 Å². The van der Waals surface area contributed by atoms with E-state index in [-0.39, 0.29) is 5.78 Å². The van der Waals surface area contributed by atoms with Crippen molar-refractivity contribution in [2.24, 2.45) is 5.73 Å². The summed E-state index contributed by atoms with van der Waals surface area (Å²) in [7, 11) is 0. The van der Waals surface area contributed by atoms with Crippen LogP contribution < -0.4 is 5.73 Å². The van der Waals surface area contributed by atoms with E-state index in [9.17, 15) is 4.79 Å². The molecule has 0 saturated heterocycles. The summed E-state index contributed by atoms with van der Waals surface area (Å²) in [5.74, 6) is 0.152. The molecule has 1 aliphatic rings. The minimum absolute atomic E-state index is 0.152. The van der Waals surface area contributed by atoms with Gasteiger partial charge in [-0.15, -0.1) is 11.3 Å². The highest BCUT2D eigenvalue weighted by atomic mass is 32.1. The third kappa shape index (κ3) is 2.06. The molecule has 0 atom stereocenters. The van der Waals surface area contributed by atoms with Crippen molar-refractivity contribution in [2.75, 3.05) is 0 Å². The number of nitrogens with zero attached hydrogens (tertiary/aromatic N) is 1. The molecule has 0 radical (unpaired) electrons. The Labute approximate surface area is 110 Å². The number of carbonyl (C=O) groups excluding carboxylic acids is 1. The third-order valence-corrected chi connectivity index (χ3v) is 4.74. The number of thiazole rings is 1. The van der Waals surface area contributed by atoms with Gasteiger partial charge in [0.05, 0.1) is 22.2 Å². The van der Waals surface area contributed by atoms with E-state index >= 15 is 0 Å². The third-order valence-electron chi connectivity index (χ3n) is 3.70. The highest BCUT2D eigenvalue weighted by Gasteiger charge is 2.36. The van der Waals surface area contributed by atoms with Crippen LogP contribution in [-0.4, -0.2) is 16.3 Å². The first-order valence-electron chi connectivity index (χ1n) is 6.34. The Hall–Kier alpha value is -1.26. The molecular formula is C14H16N2OS. The number of hydrogen-bond acceptors (Lipinski definition) is 4. The fourth-order valence-electron chi connectivity index (χ4n) is 2.59. The molecule has 1 aliphatic carbocycles. The van der Waals surface area contributed by atoms with Crippen molar-refractivity contribution in [3.8, 4) is 0 Å². The van der Waals surface area contributed by atoms with Gasteiger partial charge in [0.1, 0.15) is 5.01 Å². The Bertz CT molecular complexity index is 551. The summed E-state index contributed by atoms with van der Waals surface area (Å²) in [5.41, 5.74) is 6.56. The predicted molar refractivity (Wildman–Crippen MR) is 73.7 cm³/mol. The second-order valence-corrected chi connectivity index (χ2v) is 6.15. The first kappa shape index (κ1) is 11.8. The van der Waals surface area contributed by atoms with Gasteiger partial charge in [0.2, 0.25) is 0 Å². The normalized spacial score (nSPS) is 18.3. The number of hydrogen-bond donors (Lipinski definition) is 1. The van der Waals surface area contributed by atoms with Gasteiger partial charge in [0, 0.05) is 0 Å². The van der Waals surface area contributed by atoms with E-state index in [1.807, 2.05) is 24.3 Å². The first-order chi connectivity index (χ1) is 8.67. The molecule has 1 saturated carbocycles. The van der Waals surface area contributed by atoms with Gasteiger partial charge >= 0.3 is 0 Å². The van der Waals surface area contributed by atoms with Crippen molar-refractivity contribution >= 4 is 27.3 Å². The zero-order valence-electron chi connectivity index (χ0n) is 10.2. The molecule has 0 aliphatic heterocycles. The molecule has 1 aromatic carbocycles. The monoisotopic (exact) mass is 260 g/mol. The summed E-state index contributed by atoms with van der Waals surface area (Å²) in [6.45, 7) is 0. The minimum atomic E-state index is -0.585. The molecule has 1 heterocycles. The largest absolute Gasteiger partial charge is 0.319 e. The van der Waals surface area contributed by atoms with Gasteiger partial charge in [-0.25, -0.2) is 4.98 Å². The first-order valence-corrected chi connectivity index (χ1v) is 7.16. The molecule has 0 bridgehead atoms. The van der Waals surface area contributed by atoms with E-state index in [0.717, 1.165) is 40.9 Å². The Kier molecular flexibility index (Phi) is 2.92. The summed E-state index contributed by atoms with van der Waals surface area (Å²) in [6, 6.07) is 7.98. The fraction of sp³-hybridized carbons (Fsp3) is 0.429. The molecule has 0 spiro atoms. The zero-order valence-corrected chi connectivity index (χ0v) is 11.0. The molecule has 0 amide bonds. The summed E-state index contributed by atoms with van der Waals surface area (Å²) < 4.78 is 1.14. The van der Waals surface area contributed by atoms with E-state index in [1.54, 1.807) is 11.3 Å². The molecule has 4 heteroatoms. The molecule has 2 aromatic rings. The van der Waals surface area contributed by atoms with E-state index < -0.39 is 5.54 Å².